The smallest absolute Gasteiger partial charge is 0.241 e. The van der Waals surface area contributed by atoms with Gasteiger partial charge in [0, 0.05) is 5.56 Å². The Kier molecular flexibility index (Phi) is 4.20. The number of ether oxygens (including phenoxy) is 1. The molecule has 0 aliphatic heterocycles. The molecule has 2 aromatic carbocycles. The van der Waals surface area contributed by atoms with Crippen molar-refractivity contribution in [3.8, 4) is 23.1 Å². The van der Waals surface area contributed by atoms with Crippen molar-refractivity contribution in [2.45, 2.75) is 18.2 Å². The molecule has 0 radical (unpaired) electrons. The molecule has 0 spiro atoms. The van der Waals surface area contributed by atoms with Gasteiger partial charge in [-0.2, -0.15) is 5.26 Å². The summed E-state index contributed by atoms with van der Waals surface area (Å²) >= 11 is 0. The maximum Gasteiger partial charge on any atom is 0.241 e. The molecule has 7 nitrogen and oxygen atoms in total. The van der Waals surface area contributed by atoms with Crippen LogP contribution in [-0.4, -0.2) is 20.7 Å². The summed E-state index contributed by atoms with van der Waals surface area (Å²) in [7, 11) is -2.63. The molecule has 0 fully saturated rings. The third kappa shape index (κ3) is 2.95. The zero-order valence-electron chi connectivity index (χ0n) is 13.6. The Balaban J connectivity index is 2.39. The third-order valence-electron chi connectivity index (χ3n) is 3.89. The Morgan fingerprint density at radius 1 is 1.32 bits per heavy atom. The molecule has 3 rings (SSSR count). The fourth-order valence-electron chi connectivity index (χ4n) is 2.66. The fraction of sp³-hybridized carbons (Fsp3) is 0.176. The average molecular weight is 357 g/mol. The summed E-state index contributed by atoms with van der Waals surface area (Å²) in [5.41, 5.74) is 2.51. The van der Waals surface area contributed by atoms with E-state index in [1.54, 1.807) is 24.3 Å². The number of sulfonamides is 1. The van der Waals surface area contributed by atoms with Crippen molar-refractivity contribution in [2.75, 3.05) is 7.11 Å². The first-order valence-corrected chi connectivity index (χ1v) is 8.97. The minimum atomic E-state index is -3.99. The summed E-state index contributed by atoms with van der Waals surface area (Å²) in [5.74, 6) is 0.0947. The predicted octanol–water partition coefficient (Wildman–Crippen LogP) is 2.58. The van der Waals surface area contributed by atoms with Gasteiger partial charge >= 0.3 is 0 Å². The molecule has 3 aromatic rings. The maximum absolute atomic E-state index is 12.0. The van der Waals surface area contributed by atoms with E-state index in [1.165, 1.54) is 13.2 Å². The number of aryl methyl sites for hydroxylation is 1. The van der Waals surface area contributed by atoms with Crippen LogP contribution >= 0.6 is 0 Å². The Morgan fingerprint density at radius 2 is 2.08 bits per heavy atom. The molecule has 1 heterocycles. The van der Waals surface area contributed by atoms with E-state index in [-0.39, 0.29) is 10.6 Å². The molecule has 0 aliphatic rings. The first-order chi connectivity index (χ1) is 11.9. The van der Waals surface area contributed by atoms with E-state index in [1.807, 2.05) is 6.92 Å². The molecular formula is C17H15N3O4S. The Labute approximate surface area is 144 Å². The SMILES string of the molecule is CCc1cc(-c2noc3ccc(C#N)cc23)c(OC)c(S(N)(=O)=O)c1. The van der Waals surface area contributed by atoms with E-state index in [2.05, 4.69) is 11.2 Å². The molecule has 2 N–H and O–H groups in total. The molecule has 0 atom stereocenters. The average Bonchev–Trinajstić information content (AvgIpc) is 3.02. The number of methoxy groups -OCH3 is 1. The lowest BCUT2D eigenvalue weighted by Crippen LogP contribution is -2.14. The topological polar surface area (TPSA) is 119 Å². The van der Waals surface area contributed by atoms with Gasteiger partial charge in [0.05, 0.1) is 24.1 Å². The van der Waals surface area contributed by atoms with Gasteiger partial charge in [0.15, 0.2) is 5.58 Å². The van der Waals surface area contributed by atoms with Crippen LogP contribution in [0.5, 0.6) is 5.75 Å². The maximum atomic E-state index is 12.0. The normalized spacial score (nSPS) is 11.4. The minimum Gasteiger partial charge on any atom is -0.495 e. The van der Waals surface area contributed by atoms with E-state index >= 15 is 0 Å². The highest BCUT2D eigenvalue weighted by atomic mass is 32.2. The van der Waals surface area contributed by atoms with Crippen LogP contribution in [0.3, 0.4) is 0 Å². The standard InChI is InChI=1S/C17H15N3O4S/c1-3-10-6-13(17(23-2)15(8-10)25(19,21)22)16-12-7-11(9-18)4-5-14(12)24-20-16/h4-8H,3H2,1-2H3,(H2,19,21,22). The predicted molar refractivity (Wildman–Crippen MR) is 91.5 cm³/mol. The van der Waals surface area contributed by atoms with Crippen molar-refractivity contribution >= 4 is 21.0 Å². The summed E-state index contributed by atoms with van der Waals surface area (Å²) in [6, 6.07) is 10.2. The molecule has 0 saturated heterocycles. The van der Waals surface area contributed by atoms with Crippen molar-refractivity contribution < 1.29 is 17.7 Å². The molecule has 0 saturated carbocycles. The van der Waals surface area contributed by atoms with Gasteiger partial charge in [-0.25, -0.2) is 13.6 Å². The van der Waals surface area contributed by atoms with Crippen molar-refractivity contribution in [3.63, 3.8) is 0 Å². The Bertz CT molecular complexity index is 1110. The number of nitriles is 1. The van der Waals surface area contributed by atoms with Gasteiger partial charge in [0.25, 0.3) is 0 Å². The summed E-state index contributed by atoms with van der Waals surface area (Å²) in [6.45, 7) is 1.90. The van der Waals surface area contributed by atoms with Gasteiger partial charge in [0.2, 0.25) is 10.0 Å². The second-order valence-corrected chi connectivity index (χ2v) is 6.96. The van der Waals surface area contributed by atoms with Crippen LogP contribution < -0.4 is 9.88 Å². The van der Waals surface area contributed by atoms with E-state index in [4.69, 9.17) is 19.7 Å². The Hall–Kier alpha value is -2.89. The van der Waals surface area contributed by atoms with Gasteiger partial charge < -0.3 is 9.26 Å². The summed E-state index contributed by atoms with van der Waals surface area (Å²) in [4.78, 5) is -0.114. The van der Waals surface area contributed by atoms with E-state index < -0.39 is 10.0 Å². The van der Waals surface area contributed by atoms with E-state index in [9.17, 15) is 8.42 Å². The molecular weight excluding hydrogens is 342 g/mol. The van der Waals surface area contributed by atoms with Crippen molar-refractivity contribution in [1.82, 2.24) is 5.16 Å². The number of fused-ring (bicyclic) bond motifs is 1. The number of hydrogen-bond acceptors (Lipinski definition) is 6. The zero-order chi connectivity index (χ0) is 18.2. The first-order valence-electron chi connectivity index (χ1n) is 7.42. The first kappa shape index (κ1) is 17.0. The van der Waals surface area contributed by atoms with Gasteiger partial charge in [-0.3, -0.25) is 0 Å². The number of rotatable bonds is 4. The number of nitrogens with zero attached hydrogens (tertiary/aromatic N) is 2. The van der Waals surface area contributed by atoms with Crippen LogP contribution in [0.1, 0.15) is 18.1 Å². The monoisotopic (exact) mass is 357 g/mol. The van der Waals surface area contributed by atoms with Gasteiger partial charge in [-0.1, -0.05) is 12.1 Å². The molecule has 128 valence electrons. The van der Waals surface area contributed by atoms with Gasteiger partial charge in [0.1, 0.15) is 16.3 Å². The second kappa shape index (κ2) is 6.20. The number of benzene rings is 2. The zero-order valence-corrected chi connectivity index (χ0v) is 14.4. The van der Waals surface area contributed by atoms with E-state index in [0.717, 1.165) is 5.56 Å². The molecule has 0 aliphatic carbocycles. The number of aromatic nitrogens is 1. The summed E-state index contributed by atoms with van der Waals surface area (Å²) < 4.78 is 34.6. The summed E-state index contributed by atoms with van der Waals surface area (Å²) in [6.07, 6.45) is 0.596. The quantitative estimate of drug-likeness (QED) is 0.766. The lowest BCUT2D eigenvalue weighted by Gasteiger charge is -2.13. The van der Waals surface area contributed by atoms with Crippen LogP contribution in [0, 0.1) is 11.3 Å². The minimum absolute atomic E-state index is 0.0947. The van der Waals surface area contributed by atoms with Crippen molar-refractivity contribution in [1.29, 1.82) is 5.26 Å². The van der Waals surface area contributed by atoms with Crippen LogP contribution in [0.25, 0.3) is 22.2 Å². The number of hydrogen-bond donors (Lipinski definition) is 1. The van der Waals surface area contributed by atoms with Crippen molar-refractivity contribution in [3.05, 3.63) is 41.5 Å². The molecule has 1 aromatic heterocycles. The summed E-state index contributed by atoms with van der Waals surface area (Å²) in [5, 5.41) is 19.1. The highest BCUT2D eigenvalue weighted by molar-refractivity contribution is 7.89. The number of nitrogens with two attached hydrogens (primary N) is 1. The van der Waals surface area contributed by atoms with Crippen LogP contribution in [-0.2, 0) is 16.4 Å². The van der Waals surface area contributed by atoms with Crippen LogP contribution in [0.15, 0.2) is 39.8 Å². The Morgan fingerprint density at radius 3 is 2.68 bits per heavy atom. The lowest BCUT2D eigenvalue weighted by atomic mass is 10.0. The highest BCUT2D eigenvalue weighted by Gasteiger charge is 2.23. The lowest BCUT2D eigenvalue weighted by molar-refractivity contribution is 0.403. The molecule has 8 heteroatoms. The number of primary sulfonamides is 1. The molecule has 0 unspecified atom stereocenters. The van der Waals surface area contributed by atoms with Crippen LogP contribution in [0.4, 0.5) is 0 Å². The molecule has 0 bridgehead atoms. The fourth-order valence-corrected chi connectivity index (χ4v) is 3.43. The molecule has 0 amide bonds. The largest absolute Gasteiger partial charge is 0.495 e. The molecule has 25 heavy (non-hydrogen) atoms. The highest BCUT2D eigenvalue weighted by Crippen LogP contribution is 2.39. The van der Waals surface area contributed by atoms with Gasteiger partial charge in [-0.05, 0) is 42.3 Å². The second-order valence-electron chi connectivity index (χ2n) is 5.43. The van der Waals surface area contributed by atoms with Crippen molar-refractivity contribution in [2.24, 2.45) is 5.14 Å². The third-order valence-corrected chi connectivity index (χ3v) is 4.80. The van der Waals surface area contributed by atoms with Crippen LogP contribution in [0.2, 0.25) is 0 Å². The van der Waals surface area contributed by atoms with Gasteiger partial charge in [-0.15, -0.1) is 0 Å². The van der Waals surface area contributed by atoms with E-state index in [0.29, 0.717) is 34.2 Å².